The molecule has 1 rings (SSSR count). The number of hydrogen-bond donors (Lipinski definition) is 4. The predicted molar refractivity (Wildman–Crippen MR) is 65.9 cm³/mol. The standard InChI is InChI=1S/C11H19N3O4/c1-18-10-7(13)2-6(5-15)3-8(10)14-9(4-12)11(16)17/h6,9,15H,2-5,12-13H2,1H3,(H,16,17). The van der Waals surface area contributed by atoms with E-state index in [1.54, 1.807) is 0 Å². The summed E-state index contributed by atoms with van der Waals surface area (Å²) in [7, 11) is 1.45. The normalized spacial score (nSPS) is 24.2. The molecule has 0 radical (unpaired) electrons. The summed E-state index contributed by atoms with van der Waals surface area (Å²) in [6, 6.07) is -1.02. The molecule has 1 aliphatic carbocycles. The van der Waals surface area contributed by atoms with E-state index >= 15 is 0 Å². The second kappa shape index (κ2) is 6.36. The molecule has 7 heteroatoms. The van der Waals surface area contributed by atoms with E-state index in [-0.39, 0.29) is 19.1 Å². The highest BCUT2D eigenvalue weighted by molar-refractivity contribution is 6.01. The zero-order valence-electron chi connectivity index (χ0n) is 10.3. The van der Waals surface area contributed by atoms with Gasteiger partial charge < -0.3 is 26.4 Å². The Bertz CT molecular complexity index is 378. The topological polar surface area (TPSA) is 131 Å². The molecule has 1 aliphatic rings. The van der Waals surface area contributed by atoms with Crippen LogP contribution < -0.4 is 11.5 Å². The summed E-state index contributed by atoms with van der Waals surface area (Å²) in [4.78, 5) is 15.0. The van der Waals surface area contributed by atoms with Gasteiger partial charge in [0, 0.05) is 13.2 Å². The van der Waals surface area contributed by atoms with E-state index in [9.17, 15) is 9.90 Å². The molecule has 7 nitrogen and oxygen atoms in total. The fourth-order valence-electron chi connectivity index (χ4n) is 1.91. The number of hydrogen-bond acceptors (Lipinski definition) is 6. The third kappa shape index (κ3) is 3.21. The van der Waals surface area contributed by atoms with Crippen molar-refractivity contribution in [3.63, 3.8) is 0 Å². The maximum atomic E-state index is 10.9. The molecule has 0 amide bonds. The van der Waals surface area contributed by atoms with Crippen LogP contribution >= 0.6 is 0 Å². The molecule has 0 aliphatic heterocycles. The number of rotatable bonds is 5. The van der Waals surface area contributed by atoms with Crippen molar-refractivity contribution in [3.8, 4) is 0 Å². The number of aliphatic carboxylic acids is 1. The van der Waals surface area contributed by atoms with Gasteiger partial charge in [-0.2, -0.15) is 0 Å². The van der Waals surface area contributed by atoms with Crippen molar-refractivity contribution in [3.05, 3.63) is 11.5 Å². The van der Waals surface area contributed by atoms with Crippen LogP contribution in [0.15, 0.2) is 16.4 Å². The second-order valence-corrected chi connectivity index (χ2v) is 4.18. The van der Waals surface area contributed by atoms with Crippen molar-refractivity contribution in [2.24, 2.45) is 22.4 Å². The molecule has 0 saturated carbocycles. The Kier molecular flexibility index (Phi) is 5.11. The van der Waals surface area contributed by atoms with Crippen LogP contribution in [0.2, 0.25) is 0 Å². The first kappa shape index (κ1) is 14.5. The van der Waals surface area contributed by atoms with Gasteiger partial charge in [-0.3, -0.25) is 4.99 Å². The van der Waals surface area contributed by atoms with Crippen LogP contribution in [0.1, 0.15) is 12.8 Å². The molecule has 0 heterocycles. The highest BCUT2D eigenvalue weighted by Gasteiger charge is 2.27. The van der Waals surface area contributed by atoms with Crippen LogP contribution in [0.3, 0.4) is 0 Å². The van der Waals surface area contributed by atoms with E-state index in [0.29, 0.717) is 30.0 Å². The van der Waals surface area contributed by atoms with Gasteiger partial charge in [-0.1, -0.05) is 0 Å². The number of methoxy groups -OCH3 is 1. The molecule has 18 heavy (non-hydrogen) atoms. The monoisotopic (exact) mass is 257 g/mol. The average Bonchev–Trinajstić information content (AvgIpc) is 2.34. The van der Waals surface area contributed by atoms with E-state index in [4.69, 9.17) is 21.3 Å². The fraction of sp³-hybridized carbons (Fsp3) is 0.636. The van der Waals surface area contributed by atoms with Crippen LogP contribution in [0, 0.1) is 5.92 Å². The average molecular weight is 257 g/mol. The SMILES string of the molecule is COC1=C(N)CC(CO)CC1=NC(CN)C(=O)O. The van der Waals surface area contributed by atoms with E-state index in [1.165, 1.54) is 7.11 Å². The summed E-state index contributed by atoms with van der Waals surface area (Å²) in [6.07, 6.45) is 0.948. The molecule has 0 spiro atoms. The van der Waals surface area contributed by atoms with Gasteiger partial charge in [-0.05, 0) is 18.8 Å². The summed E-state index contributed by atoms with van der Waals surface area (Å²) < 4.78 is 5.14. The lowest BCUT2D eigenvalue weighted by Crippen LogP contribution is -2.32. The number of carbonyl (C=O) groups is 1. The second-order valence-electron chi connectivity index (χ2n) is 4.18. The first-order chi connectivity index (χ1) is 8.53. The van der Waals surface area contributed by atoms with Crippen molar-refractivity contribution >= 4 is 11.7 Å². The van der Waals surface area contributed by atoms with Gasteiger partial charge in [-0.15, -0.1) is 0 Å². The van der Waals surface area contributed by atoms with Gasteiger partial charge in [0.1, 0.15) is 0 Å². The summed E-state index contributed by atoms with van der Waals surface area (Å²) >= 11 is 0. The molecule has 0 fully saturated rings. The Balaban J connectivity index is 3.06. The number of carboxylic acids is 1. The lowest BCUT2D eigenvalue weighted by molar-refractivity contribution is -0.138. The molecular formula is C11H19N3O4. The summed E-state index contributed by atoms with van der Waals surface area (Å²) in [6.45, 7) is -0.128. The van der Waals surface area contributed by atoms with Crippen LogP contribution in [0.25, 0.3) is 0 Å². The number of aliphatic imine (C=N–C) groups is 1. The van der Waals surface area contributed by atoms with Gasteiger partial charge >= 0.3 is 5.97 Å². The summed E-state index contributed by atoms with van der Waals surface area (Å²) in [5.41, 5.74) is 12.1. The molecule has 2 atom stereocenters. The van der Waals surface area contributed by atoms with Crippen molar-refractivity contribution in [1.82, 2.24) is 0 Å². The number of nitrogens with zero attached hydrogens (tertiary/aromatic N) is 1. The minimum atomic E-state index is -1.09. The fourth-order valence-corrected chi connectivity index (χ4v) is 1.91. The third-order valence-corrected chi connectivity index (χ3v) is 2.83. The lowest BCUT2D eigenvalue weighted by atomic mass is 9.90. The van der Waals surface area contributed by atoms with E-state index in [1.807, 2.05) is 0 Å². The Morgan fingerprint density at radius 3 is 2.72 bits per heavy atom. The quantitative estimate of drug-likeness (QED) is 0.502. The van der Waals surface area contributed by atoms with Crippen molar-refractivity contribution in [2.75, 3.05) is 20.3 Å². The molecule has 102 valence electrons. The maximum absolute atomic E-state index is 10.9. The minimum absolute atomic E-state index is 0.0307. The van der Waals surface area contributed by atoms with Crippen LogP contribution in [0.4, 0.5) is 0 Å². The number of allylic oxidation sites excluding steroid dienone is 2. The van der Waals surface area contributed by atoms with Crippen LogP contribution in [0.5, 0.6) is 0 Å². The van der Waals surface area contributed by atoms with Crippen LogP contribution in [-0.4, -0.2) is 48.2 Å². The van der Waals surface area contributed by atoms with Gasteiger partial charge in [0.25, 0.3) is 0 Å². The highest BCUT2D eigenvalue weighted by atomic mass is 16.5. The lowest BCUT2D eigenvalue weighted by Gasteiger charge is -2.25. The predicted octanol–water partition coefficient (Wildman–Crippen LogP) is -0.942. The van der Waals surface area contributed by atoms with Gasteiger partial charge in [0.05, 0.1) is 18.5 Å². The van der Waals surface area contributed by atoms with Gasteiger partial charge in [0.2, 0.25) is 0 Å². The minimum Gasteiger partial charge on any atom is -0.493 e. The van der Waals surface area contributed by atoms with Crippen LogP contribution in [-0.2, 0) is 9.53 Å². The number of nitrogens with two attached hydrogens (primary N) is 2. The Morgan fingerprint density at radius 1 is 1.61 bits per heavy atom. The van der Waals surface area contributed by atoms with Crippen molar-refractivity contribution < 1.29 is 19.7 Å². The maximum Gasteiger partial charge on any atom is 0.329 e. The van der Waals surface area contributed by atoms with Crippen molar-refractivity contribution in [1.29, 1.82) is 0 Å². The number of carboxylic acid groups (broad SMARTS) is 1. The Hall–Kier alpha value is -1.60. The molecule has 0 aromatic rings. The van der Waals surface area contributed by atoms with E-state index < -0.39 is 12.0 Å². The number of aliphatic hydroxyl groups is 1. The van der Waals surface area contributed by atoms with E-state index in [0.717, 1.165) is 0 Å². The molecular weight excluding hydrogens is 238 g/mol. The largest absolute Gasteiger partial charge is 0.493 e. The molecule has 0 aromatic heterocycles. The van der Waals surface area contributed by atoms with E-state index in [2.05, 4.69) is 4.99 Å². The smallest absolute Gasteiger partial charge is 0.329 e. The van der Waals surface area contributed by atoms with Gasteiger partial charge in [0.15, 0.2) is 11.8 Å². The molecule has 0 saturated heterocycles. The first-order valence-electron chi connectivity index (χ1n) is 5.66. The molecule has 0 aromatic carbocycles. The number of aliphatic hydroxyl groups excluding tert-OH is 1. The highest BCUT2D eigenvalue weighted by Crippen LogP contribution is 2.25. The number of ether oxygens (including phenoxy) is 1. The molecule has 2 unspecified atom stereocenters. The zero-order chi connectivity index (χ0) is 13.7. The third-order valence-electron chi connectivity index (χ3n) is 2.83. The van der Waals surface area contributed by atoms with Gasteiger partial charge in [-0.25, -0.2) is 4.79 Å². The van der Waals surface area contributed by atoms with Crippen molar-refractivity contribution in [2.45, 2.75) is 18.9 Å². The Labute approximate surface area is 105 Å². The summed E-state index contributed by atoms with van der Waals surface area (Å²) in [5, 5.41) is 18.1. The summed E-state index contributed by atoms with van der Waals surface area (Å²) in [5.74, 6) is -0.751. The molecule has 6 N–H and O–H groups in total. The first-order valence-corrected chi connectivity index (χ1v) is 5.66. The molecule has 0 bridgehead atoms. The zero-order valence-corrected chi connectivity index (χ0v) is 10.3. The Morgan fingerprint density at radius 2 is 2.28 bits per heavy atom.